The minimum absolute atomic E-state index is 0.0417. The monoisotopic (exact) mass is 492 g/mol. The third kappa shape index (κ3) is 4.04. The molecule has 5 heteroatoms. The van der Waals surface area contributed by atoms with Crippen LogP contribution in [0.25, 0.3) is 34.2 Å². The van der Waals surface area contributed by atoms with E-state index in [2.05, 4.69) is 53.5 Å². The molecule has 2 aliphatic rings. The molecule has 4 aromatic carbocycles. The van der Waals surface area contributed by atoms with Crippen molar-refractivity contribution in [3.05, 3.63) is 133 Å². The Kier molecular flexibility index (Phi) is 5.52. The average molecular weight is 493 g/mol. The van der Waals surface area contributed by atoms with Gasteiger partial charge in [0, 0.05) is 22.4 Å². The van der Waals surface area contributed by atoms with Gasteiger partial charge in [0.05, 0.1) is 11.7 Å². The van der Waals surface area contributed by atoms with Crippen LogP contribution in [0, 0.1) is 0 Å². The summed E-state index contributed by atoms with van der Waals surface area (Å²) < 4.78 is 6.28. The molecule has 0 fully saturated rings. The van der Waals surface area contributed by atoms with E-state index in [1.165, 1.54) is 0 Å². The van der Waals surface area contributed by atoms with Gasteiger partial charge in [0.15, 0.2) is 17.5 Å². The van der Waals surface area contributed by atoms with Crippen LogP contribution in [0.4, 0.5) is 11.4 Å². The number of allylic oxidation sites excluding steroid dienone is 2. The van der Waals surface area contributed by atoms with E-state index in [1.807, 2.05) is 84.9 Å². The van der Waals surface area contributed by atoms with Crippen LogP contribution in [0.1, 0.15) is 0 Å². The molecule has 0 saturated heterocycles. The van der Waals surface area contributed by atoms with Crippen LogP contribution < -0.4 is 9.64 Å². The van der Waals surface area contributed by atoms with E-state index in [-0.39, 0.29) is 12.1 Å². The smallest absolute Gasteiger partial charge is 0.164 e. The summed E-state index contributed by atoms with van der Waals surface area (Å²) in [5.41, 5.74) is 4.98. The van der Waals surface area contributed by atoms with Crippen LogP contribution in [0.5, 0.6) is 5.75 Å². The number of hydrogen-bond acceptors (Lipinski definition) is 5. The van der Waals surface area contributed by atoms with Gasteiger partial charge in [0.2, 0.25) is 0 Å². The van der Waals surface area contributed by atoms with Crippen LogP contribution in [0.15, 0.2) is 133 Å². The highest BCUT2D eigenvalue weighted by atomic mass is 16.5. The van der Waals surface area contributed by atoms with Crippen molar-refractivity contribution in [3.63, 3.8) is 0 Å². The molecule has 2 atom stereocenters. The molecule has 0 amide bonds. The Bertz CT molecular complexity index is 1590. The summed E-state index contributed by atoms with van der Waals surface area (Å²) in [4.78, 5) is 16.9. The molecule has 7 rings (SSSR count). The molecule has 0 radical (unpaired) electrons. The maximum Gasteiger partial charge on any atom is 0.164 e. The van der Waals surface area contributed by atoms with Crippen LogP contribution in [0.3, 0.4) is 0 Å². The summed E-state index contributed by atoms with van der Waals surface area (Å²) >= 11 is 0. The number of benzene rings is 4. The SMILES string of the molecule is C1=CC2Oc3ccccc3N(c3ccc(-c4nc(-c5ccccc5)nc(-c5ccccc5)n4)cc3)C2C=C1. The Hall–Kier alpha value is -5.03. The molecule has 5 nitrogen and oxygen atoms in total. The van der Waals surface area contributed by atoms with Crippen molar-refractivity contribution in [1.82, 2.24) is 15.0 Å². The Labute approximate surface area is 221 Å². The number of rotatable bonds is 4. The lowest BCUT2D eigenvalue weighted by molar-refractivity contribution is 0.218. The lowest BCUT2D eigenvalue weighted by atomic mass is 9.99. The van der Waals surface area contributed by atoms with Gasteiger partial charge in [-0.05, 0) is 42.5 Å². The molecule has 0 N–H and O–H groups in total. The van der Waals surface area contributed by atoms with Crippen molar-refractivity contribution in [2.45, 2.75) is 12.1 Å². The topological polar surface area (TPSA) is 51.1 Å². The molecule has 5 aromatic rings. The van der Waals surface area contributed by atoms with E-state index >= 15 is 0 Å². The van der Waals surface area contributed by atoms with E-state index in [0.29, 0.717) is 17.5 Å². The maximum absolute atomic E-state index is 6.28. The predicted molar refractivity (Wildman–Crippen MR) is 151 cm³/mol. The summed E-state index contributed by atoms with van der Waals surface area (Å²) in [6.45, 7) is 0. The molecular weight excluding hydrogens is 468 g/mol. The van der Waals surface area contributed by atoms with Gasteiger partial charge in [-0.1, -0.05) is 91.0 Å². The van der Waals surface area contributed by atoms with Crippen LogP contribution in [-0.2, 0) is 0 Å². The van der Waals surface area contributed by atoms with E-state index in [1.54, 1.807) is 0 Å². The van der Waals surface area contributed by atoms with Gasteiger partial charge < -0.3 is 9.64 Å². The first kappa shape index (κ1) is 22.2. The van der Waals surface area contributed by atoms with Gasteiger partial charge >= 0.3 is 0 Å². The summed E-state index contributed by atoms with van der Waals surface area (Å²) in [6.07, 6.45) is 8.40. The van der Waals surface area contributed by atoms with Gasteiger partial charge in [0.1, 0.15) is 11.9 Å². The van der Waals surface area contributed by atoms with E-state index < -0.39 is 0 Å². The Balaban J connectivity index is 1.30. The second-order valence-electron chi connectivity index (χ2n) is 9.27. The first-order valence-electron chi connectivity index (χ1n) is 12.7. The van der Waals surface area contributed by atoms with Crippen LogP contribution >= 0.6 is 0 Å². The van der Waals surface area contributed by atoms with Crippen molar-refractivity contribution >= 4 is 11.4 Å². The zero-order valence-corrected chi connectivity index (χ0v) is 20.6. The molecule has 2 heterocycles. The summed E-state index contributed by atoms with van der Waals surface area (Å²) in [5.74, 6) is 2.84. The van der Waals surface area contributed by atoms with Gasteiger partial charge in [0.25, 0.3) is 0 Å². The van der Waals surface area contributed by atoms with Gasteiger partial charge in [-0.3, -0.25) is 0 Å². The molecule has 0 spiro atoms. The summed E-state index contributed by atoms with van der Waals surface area (Å²) in [5, 5.41) is 0. The van der Waals surface area contributed by atoms with Gasteiger partial charge in [-0.15, -0.1) is 0 Å². The first-order chi connectivity index (χ1) is 18.8. The van der Waals surface area contributed by atoms with Crippen LogP contribution in [0.2, 0.25) is 0 Å². The highest BCUT2D eigenvalue weighted by molar-refractivity contribution is 5.75. The molecule has 1 aliphatic carbocycles. The van der Waals surface area contributed by atoms with E-state index in [4.69, 9.17) is 19.7 Å². The van der Waals surface area contributed by atoms with E-state index in [9.17, 15) is 0 Å². The quantitative estimate of drug-likeness (QED) is 0.264. The van der Waals surface area contributed by atoms with E-state index in [0.717, 1.165) is 33.8 Å². The molecule has 2 unspecified atom stereocenters. The number of anilines is 2. The maximum atomic E-state index is 6.28. The molecule has 1 aromatic heterocycles. The highest BCUT2D eigenvalue weighted by Crippen LogP contribution is 2.42. The zero-order valence-electron chi connectivity index (χ0n) is 20.6. The molecule has 1 aliphatic heterocycles. The third-order valence-electron chi connectivity index (χ3n) is 6.85. The average Bonchev–Trinajstić information content (AvgIpc) is 3.00. The zero-order chi connectivity index (χ0) is 25.3. The fourth-order valence-electron chi connectivity index (χ4n) is 5.00. The van der Waals surface area contributed by atoms with Crippen molar-refractivity contribution in [2.75, 3.05) is 4.90 Å². The fourth-order valence-corrected chi connectivity index (χ4v) is 5.00. The minimum atomic E-state index is -0.0417. The Morgan fingerprint density at radius 3 is 1.68 bits per heavy atom. The number of hydrogen-bond donors (Lipinski definition) is 0. The number of ether oxygens (including phenoxy) is 1. The summed E-state index contributed by atoms with van der Waals surface area (Å²) in [6, 6.07) is 36.8. The molecule has 0 bridgehead atoms. The first-order valence-corrected chi connectivity index (χ1v) is 12.7. The number of nitrogens with zero attached hydrogens (tertiary/aromatic N) is 4. The molecular formula is C33H24N4O. The fraction of sp³-hybridized carbons (Fsp3) is 0.0606. The molecule has 38 heavy (non-hydrogen) atoms. The van der Waals surface area contributed by atoms with Crippen molar-refractivity contribution in [2.24, 2.45) is 0 Å². The largest absolute Gasteiger partial charge is 0.482 e. The normalized spacial score (nSPS) is 17.4. The van der Waals surface area contributed by atoms with Crippen molar-refractivity contribution in [3.8, 4) is 39.9 Å². The van der Waals surface area contributed by atoms with Gasteiger partial charge in [-0.2, -0.15) is 0 Å². The number of para-hydroxylation sites is 2. The molecule has 0 saturated carbocycles. The number of fused-ring (bicyclic) bond motifs is 2. The minimum Gasteiger partial charge on any atom is -0.482 e. The lowest BCUT2D eigenvalue weighted by Gasteiger charge is -2.42. The Morgan fingerprint density at radius 1 is 0.526 bits per heavy atom. The van der Waals surface area contributed by atoms with Gasteiger partial charge in [-0.25, -0.2) is 15.0 Å². The number of aromatic nitrogens is 3. The second-order valence-corrected chi connectivity index (χ2v) is 9.27. The molecule has 182 valence electrons. The summed E-state index contributed by atoms with van der Waals surface area (Å²) in [7, 11) is 0. The third-order valence-corrected chi connectivity index (χ3v) is 6.85. The Morgan fingerprint density at radius 2 is 1.05 bits per heavy atom. The van der Waals surface area contributed by atoms with Crippen molar-refractivity contribution in [1.29, 1.82) is 0 Å². The predicted octanol–water partition coefficient (Wildman–Crippen LogP) is 7.27. The second kappa shape index (κ2) is 9.45. The van der Waals surface area contributed by atoms with Crippen molar-refractivity contribution < 1.29 is 4.74 Å². The van der Waals surface area contributed by atoms with Crippen LogP contribution in [-0.4, -0.2) is 27.1 Å². The highest BCUT2D eigenvalue weighted by Gasteiger charge is 2.34. The lowest BCUT2D eigenvalue weighted by Crippen LogP contribution is -2.46. The standard InChI is InChI=1S/C33H24N4O/c1-3-11-23(12-4-1)31-34-32(24-13-5-2-6-14-24)36-33(35-31)25-19-21-26(22-20-25)37-27-15-7-9-17-29(27)38-30-18-10-8-16-28(30)37/h1-22,27,29H.